The first-order valence-electron chi connectivity index (χ1n) is 10.6. The Kier molecular flexibility index (Phi) is 7.62. The Morgan fingerprint density at radius 3 is 2.62 bits per heavy atom. The normalized spacial score (nSPS) is 12.7. The lowest BCUT2D eigenvalue weighted by atomic mass is 10.0. The second-order valence-corrected chi connectivity index (χ2v) is 9.77. The molecule has 1 heterocycles. The zero-order valence-corrected chi connectivity index (χ0v) is 20.2. The van der Waals surface area contributed by atoms with E-state index in [0.29, 0.717) is 11.3 Å². The summed E-state index contributed by atoms with van der Waals surface area (Å²) in [6.45, 7) is 5.92. The molecule has 2 N–H and O–H groups in total. The molecule has 0 spiro atoms. The summed E-state index contributed by atoms with van der Waals surface area (Å²) in [5, 5.41) is 4.00. The molecule has 178 valence electrons. The number of aromatic nitrogens is 2. The molecular formula is C24H26N4O5S. The number of hydrogen-bond acceptors (Lipinski definition) is 9. The fraction of sp³-hybridized carbons (Fsp3) is 0.250. The van der Waals surface area contributed by atoms with Gasteiger partial charge < -0.3 is 15.0 Å². The fourth-order valence-corrected chi connectivity index (χ4v) is 3.75. The molecule has 0 aliphatic rings. The number of aliphatic imine (C=N–C) groups is 1. The van der Waals surface area contributed by atoms with Gasteiger partial charge in [0.1, 0.15) is 11.4 Å². The van der Waals surface area contributed by atoms with Crippen LogP contribution in [0.25, 0.3) is 11.5 Å². The van der Waals surface area contributed by atoms with Crippen molar-refractivity contribution in [3.63, 3.8) is 0 Å². The summed E-state index contributed by atoms with van der Waals surface area (Å²) in [4.78, 5) is 21.3. The molecule has 34 heavy (non-hydrogen) atoms. The molecule has 0 aliphatic carbocycles. The van der Waals surface area contributed by atoms with Crippen molar-refractivity contribution in [2.75, 3.05) is 12.9 Å². The molecule has 0 unspecified atom stereocenters. The monoisotopic (exact) mass is 482 g/mol. The molecule has 0 atom stereocenters. The van der Waals surface area contributed by atoms with Crippen LogP contribution in [0.1, 0.15) is 38.1 Å². The number of carbonyl (C=O) groups excluding carboxylic acids is 1. The van der Waals surface area contributed by atoms with Crippen molar-refractivity contribution in [3.05, 3.63) is 71.7 Å². The van der Waals surface area contributed by atoms with E-state index in [4.69, 9.17) is 15.0 Å². The van der Waals surface area contributed by atoms with Gasteiger partial charge in [0, 0.05) is 11.8 Å². The van der Waals surface area contributed by atoms with Crippen LogP contribution >= 0.6 is 0 Å². The number of carbonyl (C=O) groups is 1. The lowest BCUT2D eigenvalue weighted by Gasteiger charge is -2.09. The van der Waals surface area contributed by atoms with Crippen LogP contribution in [0.4, 0.5) is 5.69 Å². The lowest BCUT2D eigenvalue weighted by molar-refractivity contribution is -0.138. The van der Waals surface area contributed by atoms with Gasteiger partial charge in [0.05, 0.1) is 17.2 Å². The van der Waals surface area contributed by atoms with Crippen molar-refractivity contribution in [2.45, 2.75) is 31.6 Å². The van der Waals surface area contributed by atoms with Crippen LogP contribution in [-0.2, 0) is 19.4 Å². The van der Waals surface area contributed by atoms with Crippen molar-refractivity contribution >= 4 is 27.2 Å². The van der Waals surface area contributed by atoms with Gasteiger partial charge in [-0.25, -0.2) is 18.2 Å². The molecule has 9 nitrogen and oxygen atoms in total. The highest BCUT2D eigenvalue weighted by Crippen LogP contribution is 2.28. The lowest BCUT2D eigenvalue weighted by Crippen LogP contribution is -2.17. The third-order valence-electron chi connectivity index (χ3n) is 4.77. The molecule has 10 heteroatoms. The van der Waals surface area contributed by atoms with Gasteiger partial charge in [-0.2, -0.15) is 4.98 Å². The molecule has 0 saturated heterocycles. The minimum absolute atomic E-state index is 0.0746. The number of allylic oxidation sites excluding steroid dienone is 1. The van der Waals surface area contributed by atoms with Crippen LogP contribution in [0.3, 0.4) is 0 Å². The highest BCUT2D eigenvalue weighted by molar-refractivity contribution is 7.90. The van der Waals surface area contributed by atoms with E-state index < -0.39 is 15.8 Å². The Labute approximate surface area is 198 Å². The first-order valence-corrected chi connectivity index (χ1v) is 12.5. The minimum atomic E-state index is -3.42. The quantitative estimate of drug-likeness (QED) is 0.291. The number of nitrogens with zero attached hydrogens (tertiary/aromatic N) is 3. The molecule has 1 aromatic heterocycles. The standard InChI is InChI=1S/C24H26N4O5S/c1-5-32-24(29)19(25)14-21(26-20-12-7-6-11-18(20)15(2)3)22-27-23(33-28-22)16-9-8-10-17(13-16)34(4,30)31/h6-15H,5,25H2,1-4H3. The number of esters is 1. The van der Waals surface area contributed by atoms with Gasteiger partial charge >= 0.3 is 5.97 Å². The first kappa shape index (κ1) is 24.8. The van der Waals surface area contributed by atoms with E-state index in [1.807, 2.05) is 38.1 Å². The van der Waals surface area contributed by atoms with E-state index in [1.165, 1.54) is 18.2 Å². The molecule has 3 aromatic rings. The topological polar surface area (TPSA) is 138 Å². The van der Waals surface area contributed by atoms with E-state index in [9.17, 15) is 13.2 Å². The van der Waals surface area contributed by atoms with E-state index in [1.54, 1.807) is 19.1 Å². The number of para-hydroxylation sites is 1. The van der Waals surface area contributed by atoms with Gasteiger partial charge in [-0.1, -0.05) is 43.3 Å². The third kappa shape index (κ3) is 5.96. The number of hydrogen-bond donors (Lipinski definition) is 1. The van der Waals surface area contributed by atoms with Crippen LogP contribution in [-0.4, -0.2) is 43.1 Å². The van der Waals surface area contributed by atoms with Crippen LogP contribution in [0.15, 0.2) is 74.7 Å². The Bertz CT molecular complexity index is 1360. The van der Waals surface area contributed by atoms with Crippen LogP contribution < -0.4 is 5.73 Å². The van der Waals surface area contributed by atoms with E-state index in [2.05, 4.69) is 15.1 Å². The maximum atomic E-state index is 12.1. The molecular weight excluding hydrogens is 456 g/mol. The average molecular weight is 483 g/mol. The van der Waals surface area contributed by atoms with E-state index >= 15 is 0 Å². The van der Waals surface area contributed by atoms with Crippen molar-refractivity contribution in [1.29, 1.82) is 0 Å². The Morgan fingerprint density at radius 2 is 1.94 bits per heavy atom. The predicted octanol–water partition coefficient (Wildman–Crippen LogP) is 3.79. The van der Waals surface area contributed by atoms with Gasteiger partial charge in [0.25, 0.3) is 5.89 Å². The fourth-order valence-electron chi connectivity index (χ4n) is 3.08. The first-order chi connectivity index (χ1) is 16.1. The molecule has 0 aliphatic heterocycles. The zero-order chi connectivity index (χ0) is 24.9. The summed E-state index contributed by atoms with van der Waals surface area (Å²) in [6.07, 6.45) is 2.45. The highest BCUT2D eigenvalue weighted by Gasteiger charge is 2.18. The summed E-state index contributed by atoms with van der Waals surface area (Å²) in [5.41, 5.74) is 8.01. The number of sulfone groups is 1. The maximum Gasteiger partial charge on any atom is 0.354 e. The highest BCUT2D eigenvalue weighted by atomic mass is 32.2. The van der Waals surface area contributed by atoms with Gasteiger partial charge in [-0.05, 0) is 48.7 Å². The molecule has 2 aromatic carbocycles. The third-order valence-corrected chi connectivity index (χ3v) is 5.88. The van der Waals surface area contributed by atoms with Crippen LogP contribution in [0.2, 0.25) is 0 Å². The SMILES string of the molecule is CCOC(=O)C(N)=CC(=Nc1ccccc1C(C)C)c1noc(-c2cccc(S(C)(=O)=O)c2)n1. The molecule has 0 radical (unpaired) electrons. The second-order valence-electron chi connectivity index (χ2n) is 7.75. The van der Waals surface area contributed by atoms with Crippen molar-refractivity contribution in [2.24, 2.45) is 10.7 Å². The van der Waals surface area contributed by atoms with Gasteiger partial charge in [-0.3, -0.25) is 0 Å². The number of rotatable bonds is 8. The Balaban J connectivity index is 2.11. The molecule has 0 bridgehead atoms. The van der Waals surface area contributed by atoms with Gasteiger partial charge in [0.2, 0.25) is 5.82 Å². The summed E-state index contributed by atoms with van der Waals surface area (Å²) in [6, 6.07) is 13.7. The summed E-state index contributed by atoms with van der Waals surface area (Å²) >= 11 is 0. The molecule has 3 rings (SSSR count). The largest absolute Gasteiger partial charge is 0.461 e. The van der Waals surface area contributed by atoms with Gasteiger partial charge in [-0.15, -0.1) is 0 Å². The molecule has 0 amide bonds. The number of nitrogens with two attached hydrogens (primary N) is 1. The maximum absolute atomic E-state index is 12.1. The Hall–Kier alpha value is -3.79. The van der Waals surface area contributed by atoms with E-state index in [-0.39, 0.29) is 40.5 Å². The smallest absolute Gasteiger partial charge is 0.354 e. The second kappa shape index (κ2) is 10.4. The summed E-state index contributed by atoms with van der Waals surface area (Å²) < 4.78 is 34.2. The number of ether oxygens (including phenoxy) is 1. The van der Waals surface area contributed by atoms with Gasteiger partial charge in [0.15, 0.2) is 9.84 Å². The number of benzene rings is 2. The van der Waals surface area contributed by atoms with Crippen LogP contribution in [0, 0.1) is 0 Å². The molecule has 0 saturated carbocycles. The van der Waals surface area contributed by atoms with Crippen molar-refractivity contribution in [1.82, 2.24) is 10.1 Å². The Morgan fingerprint density at radius 1 is 1.21 bits per heavy atom. The summed E-state index contributed by atoms with van der Waals surface area (Å²) in [5.74, 6) is -0.344. The zero-order valence-electron chi connectivity index (χ0n) is 19.3. The average Bonchev–Trinajstić information content (AvgIpc) is 3.29. The minimum Gasteiger partial charge on any atom is -0.461 e. The van der Waals surface area contributed by atoms with Crippen molar-refractivity contribution < 1.29 is 22.5 Å². The predicted molar refractivity (Wildman–Crippen MR) is 128 cm³/mol. The van der Waals surface area contributed by atoms with E-state index in [0.717, 1.165) is 11.8 Å². The van der Waals surface area contributed by atoms with Crippen LogP contribution in [0.5, 0.6) is 0 Å². The van der Waals surface area contributed by atoms with Crippen molar-refractivity contribution in [3.8, 4) is 11.5 Å². The summed E-state index contributed by atoms with van der Waals surface area (Å²) in [7, 11) is -3.42. The molecule has 0 fully saturated rings.